The van der Waals surface area contributed by atoms with Crippen LogP contribution < -0.4 is 5.32 Å². The lowest BCUT2D eigenvalue weighted by atomic mass is 9.92. The fraction of sp³-hybridized carbons (Fsp3) is 0.471. The van der Waals surface area contributed by atoms with Gasteiger partial charge in [0.05, 0.1) is 17.7 Å². The summed E-state index contributed by atoms with van der Waals surface area (Å²) < 4.78 is 5.60. The van der Waals surface area contributed by atoms with Crippen molar-refractivity contribution >= 4 is 16.7 Å². The molecule has 2 unspecified atom stereocenters. The van der Waals surface area contributed by atoms with Gasteiger partial charge in [-0.15, -0.1) is 0 Å². The zero-order valence-electron chi connectivity index (χ0n) is 12.2. The van der Waals surface area contributed by atoms with Crippen LogP contribution in [0.2, 0.25) is 0 Å². The standard InChI is InChI=1S/C17H22N2O/c1-12-11-17(18-14-8-4-3-7-13(12)14)19-15-9-5-6-10-16(15)20-2/h3-4,7-8,11,15-16H,5-6,9-10H2,1-2H3,(H,18,19). The molecular formula is C17H22N2O. The van der Waals surface area contributed by atoms with Crippen LogP contribution in [0, 0.1) is 6.92 Å². The number of hydrogen-bond donors (Lipinski definition) is 1. The topological polar surface area (TPSA) is 34.1 Å². The molecule has 3 rings (SSSR count). The van der Waals surface area contributed by atoms with E-state index in [-0.39, 0.29) is 0 Å². The maximum atomic E-state index is 5.60. The van der Waals surface area contributed by atoms with E-state index in [0.29, 0.717) is 12.1 Å². The number of aromatic nitrogens is 1. The highest BCUT2D eigenvalue weighted by Crippen LogP contribution is 2.25. The van der Waals surface area contributed by atoms with Crippen LogP contribution in [0.5, 0.6) is 0 Å². The van der Waals surface area contributed by atoms with E-state index >= 15 is 0 Å². The maximum Gasteiger partial charge on any atom is 0.127 e. The Balaban J connectivity index is 1.86. The van der Waals surface area contributed by atoms with E-state index in [1.807, 2.05) is 13.2 Å². The number of para-hydroxylation sites is 1. The van der Waals surface area contributed by atoms with Crippen molar-refractivity contribution in [3.63, 3.8) is 0 Å². The van der Waals surface area contributed by atoms with Crippen LogP contribution in [0.25, 0.3) is 10.9 Å². The second-order valence-electron chi connectivity index (χ2n) is 5.65. The van der Waals surface area contributed by atoms with Gasteiger partial charge in [-0.2, -0.15) is 0 Å². The number of rotatable bonds is 3. The van der Waals surface area contributed by atoms with Crippen LogP contribution in [0.3, 0.4) is 0 Å². The summed E-state index contributed by atoms with van der Waals surface area (Å²) in [6.07, 6.45) is 5.13. The van der Waals surface area contributed by atoms with Gasteiger partial charge in [0.2, 0.25) is 0 Å². The Bertz CT molecular complexity index is 597. The number of pyridine rings is 1. The third-order valence-electron chi connectivity index (χ3n) is 4.26. The molecule has 0 aliphatic heterocycles. The minimum Gasteiger partial charge on any atom is -0.379 e. The molecule has 2 aromatic rings. The molecule has 0 spiro atoms. The minimum atomic E-state index is 0.303. The first-order chi connectivity index (χ1) is 9.78. The molecule has 0 bridgehead atoms. The summed E-state index contributed by atoms with van der Waals surface area (Å²) >= 11 is 0. The molecule has 20 heavy (non-hydrogen) atoms. The lowest BCUT2D eigenvalue weighted by Crippen LogP contribution is -2.38. The zero-order valence-corrected chi connectivity index (χ0v) is 12.2. The third-order valence-corrected chi connectivity index (χ3v) is 4.26. The molecule has 1 aromatic carbocycles. The molecule has 1 fully saturated rings. The van der Waals surface area contributed by atoms with E-state index in [4.69, 9.17) is 9.72 Å². The molecule has 1 aliphatic rings. The zero-order chi connectivity index (χ0) is 13.9. The molecule has 3 heteroatoms. The Hall–Kier alpha value is -1.61. The van der Waals surface area contributed by atoms with E-state index < -0.39 is 0 Å². The molecule has 0 radical (unpaired) electrons. The number of benzene rings is 1. The van der Waals surface area contributed by atoms with Gasteiger partial charge >= 0.3 is 0 Å². The fourth-order valence-electron chi connectivity index (χ4n) is 3.16. The third kappa shape index (κ3) is 2.63. The predicted octanol–water partition coefficient (Wildman–Crippen LogP) is 3.91. The van der Waals surface area contributed by atoms with Gasteiger partial charge in [0, 0.05) is 12.5 Å². The molecule has 0 amide bonds. The first-order valence-corrected chi connectivity index (χ1v) is 7.43. The van der Waals surface area contributed by atoms with Crippen molar-refractivity contribution in [2.45, 2.75) is 44.8 Å². The van der Waals surface area contributed by atoms with Gasteiger partial charge in [-0.25, -0.2) is 4.98 Å². The van der Waals surface area contributed by atoms with Crippen LogP contribution in [0.1, 0.15) is 31.2 Å². The van der Waals surface area contributed by atoms with E-state index in [0.717, 1.165) is 24.2 Å². The average molecular weight is 270 g/mol. The first kappa shape index (κ1) is 13.4. The molecule has 1 saturated carbocycles. The summed E-state index contributed by atoms with van der Waals surface area (Å²) in [5.74, 6) is 0.968. The maximum absolute atomic E-state index is 5.60. The average Bonchev–Trinajstić information content (AvgIpc) is 2.48. The van der Waals surface area contributed by atoms with Gasteiger partial charge in [0.15, 0.2) is 0 Å². The largest absolute Gasteiger partial charge is 0.379 e. The Morgan fingerprint density at radius 2 is 2.00 bits per heavy atom. The number of aryl methyl sites for hydroxylation is 1. The summed E-state index contributed by atoms with van der Waals surface area (Å²) in [6, 6.07) is 10.8. The predicted molar refractivity (Wildman–Crippen MR) is 83.2 cm³/mol. The van der Waals surface area contributed by atoms with Crippen molar-refractivity contribution in [3.8, 4) is 0 Å². The Kier molecular flexibility index (Phi) is 3.88. The second-order valence-corrected chi connectivity index (χ2v) is 5.65. The molecule has 106 valence electrons. The smallest absolute Gasteiger partial charge is 0.127 e. The van der Waals surface area contributed by atoms with Gasteiger partial charge in [0.1, 0.15) is 5.82 Å². The van der Waals surface area contributed by atoms with Crippen LogP contribution >= 0.6 is 0 Å². The van der Waals surface area contributed by atoms with Gasteiger partial charge in [-0.3, -0.25) is 0 Å². The molecule has 1 aliphatic carbocycles. The van der Waals surface area contributed by atoms with Crippen LogP contribution in [-0.2, 0) is 4.74 Å². The number of hydrogen-bond acceptors (Lipinski definition) is 3. The van der Waals surface area contributed by atoms with Gasteiger partial charge in [0.25, 0.3) is 0 Å². The van der Waals surface area contributed by atoms with Crippen molar-refractivity contribution in [1.82, 2.24) is 4.98 Å². The number of ether oxygens (including phenoxy) is 1. The number of nitrogens with one attached hydrogen (secondary N) is 1. The summed E-state index contributed by atoms with van der Waals surface area (Å²) in [5.41, 5.74) is 2.32. The number of nitrogens with zero attached hydrogens (tertiary/aromatic N) is 1. The van der Waals surface area contributed by atoms with Crippen molar-refractivity contribution in [1.29, 1.82) is 0 Å². The van der Waals surface area contributed by atoms with E-state index in [1.165, 1.54) is 23.8 Å². The van der Waals surface area contributed by atoms with Gasteiger partial charge in [-0.05, 0) is 37.5 Å². The number of fused-ring (bicyclic) bond motifs is 1. The minimum absolute atomic E-state index is 0.303. The molecule has 3 nitrogen and oxygen atoms in total. The Morgan fingerprint density at radius 3 is 2.85 bits per heavy atom. The lowest BCUT2D eigenvalue weighted by molar-refractivity contribution is 0.0605. The Morgan fingerprint density at radius 1 is 1.20 bits per heavy atom. The number of methoxy groups -OCH3 is 1. The molecule has 1 N–H and O–H groups in total. The lowest BCUT2D eigenvalue weighted by Gasteiger charge is -2.31. The summed E-state index contributed by atoms with van der Waals surface area (Å²) in [7, 11) is 1.81. The van der Waals surface area contributed by atoms with Crippen LogP contribution in [0.15, 0.2) is 30.3 Å². The second kappa shape index (κ2) is 5.80. The molecule has 1 aromatic heterocycles. The fourth-order valence-corrected chi connectivity index (χ4v) is 3.16. The van der Waals surface area contributed by atoms with Gasteiger partial charge < -0.3 is 10.1 Å². The monoisotopic (exact) mass is 270 g/mol. The normalized spacial score (nSPS) is 22.9. The van der Waals surface area contributed by atoms with Crippen molar-refractivity contribution in [2.75, 3.05) is 12.4 Å². The van der Waals surface area contributed by atoms with Gasteiger partial charge in [-0.1, -0.05) is 31.0 Å². The van der Waals surface area contributed by atoms with Crippen molar-refractivity contribution in [3.05, 3.63) is 35.9 Å². The summed E-state index contributed by atoms with van der Waals surface area (Å²) in [4.78, 5) is 4.73. The molecule has 2 atom stereocenters. The molecular weight excluding hydrogens is 248 g/mol. The molecule has 1 heterocycles. The first-order valence-electron chi connectivity index (χ1n) is 7.43. The van der Waals surface area contributed by atoms with E-state index in [9.17, 15) is 0 Å². The van der Waals surface area contributed by atoms with E-state index in [1.54, 1.807) is 0 Å². The summed E-state index contributed by atoms with van der Waals surface area (Å²) in [6.45, 7) is 2.14. The van der Waals surface area contributed by atoms with Crippen LogP contribution in [-0.4, -0.2) is 24.2 Å². The highest BCUT2D eigenvalue weighted by Gasteiger charge is 2.25. The van der Waals surface area contributed by atoms with Crippen molar-refractivity contribution in [2.24, 2.45) is 0 Å². The molecule has 0 saturated heterocycles. The summed E-state index contributed by atoms with van der Waals surface area (Å²) in [5, 5.41) is 4.81. The quantitative estimate of drug-likeness (QED) is 0.918. The Labute approximate surface area is 120 Å². The highest BCUT2D eigenvalue weighted by atomic mass is 16.5. The SMILES string of the molecule is COC1CCCCC1Nc1cc(C)c2ccccc2n1. The van der Waals surface area contributed by atoms with Crippen LogP contribution in [0.4, 0.5) is 5.82 Å². The van der Waals surface area contributed by atoms with Crippen molar-refractivity contribution < 1.29 is 4.74 Å². The number of anilines is 1. The highest BCUT2D eigenvalue weighted by molar-refractivity contribution is 5.83. The van der Waals surface area contributed by atoms with E-state index in [2.05, 4.69) is 36.5 Å².